The number of furan rings is 1. The Morgan fingerprint density at radius 2 is 1.68 bits per heavy atom. The third kappa shape index (κ3) is 5.64. The van der Waals surface area contributed by atoms with Crippen LogP contribution in [-0.4, -0.2) is 18.1 Å². The van der Waals surface area contributed by atoms with Gasteiger partial charge in [0.05, 0.1) is 11.3 Å². The van der Waals surface area contributed by atoms with Gasteiger partial charge in [-0.1, -0.05) is 35.5 Å². The van der Waals surface area contributed by atoms with Crippen LogP contribution < -0.4 is 4.74 Å². The highest BCUT2D eigenvalue weighted by molar-refractivity contribution is 5.99. The summed E-state index contributed by atoms with van der Waals surface area (Å²) in [6, 6.07) is 20.7. The van der Waals surface area contributed by atoms with Gasteiger partial charge in [-0.15, -0.1) is 0 Å². The molecular formula is C26H20F3NO4. The van der Waals surface area contributed by atoms with Crippen LogP contribution in [0.3, 0.4) is 0 Å². The first-order valence-electron chi connectivity index (χ1n) is 10.4. The molecule has 0 aliphatic heterocycles. The number of hydrogen-bond donors (Lipinski definition) is 0. The van der Waals surface area contributed by atoms with Crippen molar-refractivity contribution in [3.8, 4) is 5.75 Å². The number of carbonyl (C=O) groups excluding carboxylic acids is 1. The van der Waals surface area contributed by atoms with E-state index in [1.54, 1.807) is 43.3 Å². The number of ketones is 1. The molecule has 0 aliphatic carbocycles. The Morgan fingerprint density at radius 3 is 2.35 bits per heavy atom. The summed E-state index contributed by atoms with van der Waals surface area (Å²) in [5, 5.41) is 4.86. The predicted octanol–water partition coefficient (Wildman–Crippen LogP) is 6.65. The number of para-hydroxylation sites is 1. The minimum atomic E-state index is -4.37. The third-order valence-corrected chi connectivity index (χ3v) is 5.06. The van der Waals surface area contributed by atoms with Crippen molar-refractivity contribution in [2.45, 2.75) is 19.7 Å². The van der Waals surface area contributed by atoms with E-state index in [0.717, 1.165) is 23.1 Å². The van der Waals surface area contributed by atoms with Gasteiger partial charge in [0.25, 0.3) is 0 Å². The van der Waals surface area contributed by atoms with Gasteiger partial charge < -0.3 is 14.0 Å². The molecule has 1 heterocycles. The lowest BCUT2D eigenvalue weighted by molar-refractivity contribution is -0.137. The number of Topliss-reactive ketones (excluding diaryl/α,β-unsaturated/α-hetero) is 1. The van der Waals surface area contributed by atoms with Crippen molar-refractivity contribution in [1.82, 2.24) is 0 Å². The quantitative estimate of drug-likeness (QED) is 0.165. The van der Waals surface area contributed by atoms with E-state index in [9.17, 15) is 18.0 Å². The van der Waals surface area contributed by atoms with Crippen LogP contribution in [0.25, 0.3) is 11.0 Å². The van der Waals surface area contributed by atoms with Crippen LogP contribution >= 0.6 is 0 Å². The fourth-order valence-electron chi connectivity index (χ4n) is 3.18. The third-order valence-electron chi connectivity index (χ3n) is 5.06. The van der Waals surface area contributed by atoms with E-state index in [0.29, 0.717) is 22.6 Å². The van der Waals surface area contributed by atoms with Crippen molar-refractivity contribution in [2.75, 3.05) is 6.61 Å². The molecule has 0 N–H and O–H groups in total. The molecule has 0 unspecified atom stereocenters. The van der Waals surface area contributed by atoms with Gasteiger partial charge in [-0.25, -0.2) is 0 Å². The predicted molar refractivity (Wildman–Crippen MR) is 121 cm³/mol. The summed E-state index contributed by atoms with van der Waals surface area (Å²) in [6.07, 6.45) is -4.37. The maximum atomic E-state index is 12.6. The minimum absolute atomic E-state index is 0.0422. The van der Waals surface area contributed by atoms with Gasteiger partial charge in [0.2, 0.25) is 5.78 Å². The monoisotopic (exact) mass is 467 g/mol. The van der Waals surface area contributed by atoms with Gasteiger partial charge in [-0.05, 0) is 66.6 Å². The lowest BCUT2D eigenvalue weighted by atomic mass is 10.1. The molecule has 0 radical (unpaired) electrons. The van der Waals surface area contributed by atoms with Crippen LogP contribution in [0.15, 0.2) is 88.4 Å². The minimum Gasteiger partial charge on any atom is -0.485 e. The van der Waals surface area contributed by atoms with Crippen molar-refractivity contribution in [3.63, 3.8) is 0 Å². The van der Waals surface area contributed by atoms with Crippen molar-refractivity contribution >= 4 is 22.5 Å². The summed E-state index contributed by atoms with van der Waals surface area (Å²) in [7, 11) is 0. The topological polar surface area (TPSA) is 61.0 Å². The van der Waals surface area contributed by atoms with E-state index in [-0.39, 0.29) is 24.8 Å². The van der Waals surface area contributed by atoms with Crippen molar-refractivity contribution < 1.29 is 32.0 Å². The normalized spacial score (nSPS) is 12.1. The molecule has 0 bridgehead atoms. The standard InChI is InChI=1S/C26H20F3NO4/c1-17(30-33-15-18-6-10-21(11-7-18)26(27,28)29)19-8-12-22(13-9-19)32-16-23(31)25-14-20-4-2-3-5-24(20)34-25/h2-14H,15-16H2,1H3. The molecule has 8 heteroatoms. The number of hydrogen-bond acceptors (Lipinski definition) is 5. The smallest absolute Gasteiger partial charge is 0.416 e. The van der Waals surface area contributed by atoms with Gasteiger partial charge in [-0.2, -0.15) is 13.2 Å². The van der Waals surface area contributed by atoms with E-state index in [1.165, 1.54) is 12.1 Å². The zero-order chi connectivity index (χ0) is 24.1. The zero-order valence-electron chi connectivity index (χ0n) is 18.1. The van der Waals surface area contributed by atoms with Gasteiger partial charge >= 0.3 is 6.18 Å². The molecule has 0 spiro atoms. The number of alkyl halides is 3. The highest BCUT2D eigenvalue weighted by atomic mass is 19.4. The summed E-state index contributed by atoms with van der Waals surface area (Å²) in [4.78, 5) is 17.6. The molecule has 0 saturated carbocycles. The summed E-state index contributed by atoms with van der Waals surface area (Å²) in [5.41, 5.74) is 1.85. The van der Waals surface area contributed by atoms with Crippen molar-refractivity contribution in [3.05, 3.63) is 101 Å². The number of halogens is 3. The van der Waals surface area contributed by atoms with Crippen LogP contribution in [-0.2, 0) is 17.6 Å². The molecule has 0 aliphatic rings. The van der Waals surface area contributed by atoms with E-state index >= 15 is 0 Å². The van der Waals surface area contributed by atoms with Crippen LogP contribution in [0.4, 0.5) is 13.2 Å². The molecule has 1 aromatic heterocycles. The fraction of sp³-hybridized carbons (Fsp3) is 0.154. The van der Waals surface area contributed by atoms with Gasteiger partial charge in [-0.3, -0.25) is 4.79 Å². The first-order chi connectivity index (χ1) is 16.3. The van der Waals surface area contributed by atoms with Crippen molar-refractivity contribution in [1.29, 1.82) is 0 Å². The second-order valence-corrected chi connectivity index (χ2v) is 7.53. The Balaban J connectivity index is 1.29. The second kappa shape index (κ2) is 9.82. The van der Waals surface area contributed by atoms with Crippen LogP contribution in [0, 0.1) is 0 Å². The van der Waals surface area contributed by atoms with Crippen LogP contribution in [0.2, 0.25) is 0 Å². The molecule has 4 rings (SSSR count). The molecule has 4 aromatic rings. The Hall–Kier alpha value is -4.07. The number of ether oxygens (including phenoxy) is 1. The van der Waals surface area contributed by atoms with E-state index in [1.807, 2.05) is 18.2 Å². The number of nitrogens with zero attached hydrogens (tertiary/aromatic N) is 1. The number of benzene rings is 3. The summed E-state index contributed by atoms with van der Waals surface area (Å²) < 4.78 is 49.0. The number of carbonyl (C=O) groups is 1. The first-order valence-corrected chi connectivity index (χ1v) is 10.4. The number of fused-ring (bicyclic) bond motifs is 1. The van der Waals surface area contributed by atoms with Crippen molar-refractivity contribution in [2.24, 2.45) is 5.16 Å². The molecular weight excluding hydrogens is 447 g/mol. The first kappa shape index (κ1) is 23.1. The van der Waals surface area contributed by atoms with E-state index in [4.69, 9.17) is 14.0 Å². The summed E-state index contributed by atoms with van der Waals surface area (Å²) >= 11 is 0. The van der Waals surface area contributed by atoms with Gasteiger partial charge in [0.1, 0.15) is 17.9 Å². The molecule has 3 aromatic carbocycles. The van der Waals surface area contributed by atoms with E-state index < -0.39 is 11.7 Å². The van der Waals surface area contributed by atoms with Gasteiger partial charge in [0, 0.05) is 5.39 Å². The molecule has 0 atom stereocenters. The van der Waals surface area contributed by atoms with E-state index in [2.05, 4.69) is 5.16 Å². The second-order valence-electron chi connectivity index (χ2n) is 7.53. The largest absolute Gasteiger partial charge is 0.485 e. The lowest BCUT2D eigenvalue weighted by Crippen LogP contribution is -2.10. The highest BCUT2D eigenvalue weighted by Crippen LogP contribution is 2.29. The highest BCUT2D eigenvalue weighted by Gasteiger charge is 2.29. The Labute approximate surface area is 193 Å². The van der Waals surface area contributed by atoms with Crippen LogP contribution in [0.1, 0.15) is 34.2 Å². The Morgan fingerprint density at radius 1 is 0.971 bits per heavy atom. The number of rotatable bonds is 8. The molecule has 0 saturated heterocycles. The molecule has 5 nitrogen and oxygen atoms in total. The fourth-order valence-corrected chi connectivity index (χ4v) is 3.18. The molecule has 34 heavy (non-hydrogen) atoms. The maximum absolute atomic E-state index is 12.6. The molecule has 0 amide bonds. The average molecular weight is 467 g/mol. The average Bonchev–Trinajstić information content (AvgIpc) is 3.27. The summed E-state index contributed by atoms with van der Waals surface area (Å²) in [6.45, 7) is 1.62. The Bertz CT molecular complexity index is 1270. The maximum Gasteiger partial charge on any atom is 0.416 e. The SMILES string of the molecule is CC(=NOCc1ccc(C(F)(F)F)cc1)c1ccc(OCC(=O)c2cc3ccccc3o2)cc1. The Kier molecular flexibility index (Phi) is 6.67. The number of oxime groups is 1. The molecule has 0 fully saturated rings. The lowest BCUT2D eigenvalue weighted by Gasteiger charge is -2.08. The van der Waals surface area contributed by atoms with Crippen LogP contribution in [0.5, 0.6) is 5.75 Å². The van der Waals surface area contributed by atoms with Gasteiger partial charge in [0.15, 0.2) is 12.4 Å². The molecule has 174 valence electrons. The summed E-state index contributed by atoms with van der Waals surface area (Å²) in [5.74, 6) is 0.479. The zero-order valence-corrected chi connectivity index (χ0v) is 18.1.